The van der Waals surface area contributed by atoms with Gasteiger partial charge in [0, 0.05) is 19.7 Å². The highest BCUT2D eigenvalue weighted by atomic mass is 16.5. The minimum Gasteiger partial charge on any atom is -0.481 e. The van der Waals surface area contributed by atoms with E-state index in [4.69, 9.17) is 9.47 Å². The van der Waals surface area contributed by atoms with Crippen LogP contribution in [0.5, 0.6) is 0 Å². The van der Waals surface area contributed by atoms with Gasteiger partial charge in [-0.25, -0.2) is 0 Å². The molecular formula is C16H27NO5. The average molecular weight is 313 g/mol. The number of hydrogen-bond donors (Lipinski definition) is 1. The van der Waals surface area contributed by atoms with Crippen LogP contribution in [-0.4, -0.2) is 60.4 Å². The second-order valence-corrected chi connectivity index (χ2v) is 6.32. The largest absolute Gasteiger partial charge is 0.481 e. The summed E-state index contributed by atoms with van der Waals surface area (Å²) in [4.78, 5) is 25.2. The maximum absolute atomic E-state index is 12.1. The van der Waals surface area contributed by atoms with Crippen LogP contribution in [0.3, 0.4) is 0 Å². The molecule has 126 valence electrons. The summed E-state index contributed by atoms with van der Waals surface area (Å²) in [6, 6.07) is 0. The topological polar surface area (TPSA) is 76.1 Å². The number of rotatable bonds is 6. The van der Waals surface area contributed by atoms with Crippen molar-refractivity contribution in [1.29, 1.82) is 0 Å². The number of carboxylic acid groups (broad SMARTS) is 1. The maximum Gasteiger partial charge on any atom is 0.309 e. The quantitative estimate of drug-likeness (QED) is 0.805. The lowest BCUT2D eigenvalue weighted by molar-refractivity contribution is -0.146. The summed E-state index contributed by atoms with van der Waals surface area (Å²) >= 11 is 0. The van der Waals surface area contributed by atoms with E-state index in [9.17, 15) is 14.7 Å². The number of carboxylic acids is 1. The zero-order chi connectivity index (χ0) is 16.1. The fourth-order valence-corrected chi connectivity index (χ4v) is 3.24. The Bertz CT molecular complexity index is 392. The van der Waals surface area contributed by atoms with Crippen LogP contribution in [-0.2, 0) is 19.1 Å². The number of hydrogen-bond acceptors (Lipinski definition) is 4. The third kappa shape index (κ3) is 4.20. The number of ether oxygens (including phenoxy) is 2. The van der Waals surface area contributed by atoms with E-state index in [1.807, 2.05) is 18.7 Å². The van der Waals surface area contributed by atoms with Gasteiger partial charge >= 0.3 is 5.97 Å². The highest BCUT2D eigenvalue weighted by molar-refractivity contribution is 5.77. The lowest BCUT2D eigenvalue weighted by atomic mass is 9.84. The highest BCUT2D eigenvalue weighted by Gasteiger charge is 2.40. The summed E-state index contributed by atoms with van der Waals surface area (Å²) < 4.78 is 11.1. The maximum atomic E-state index is 12.1. The molecule has 0 aromatic carbocycles. The third-order valence-corrected chi connectivity index (χ3v) is 4.88. The van der Waals surface area contributed by atoms with Gasteiger partial charge in [-0.3, -0.25) is 9.59 Å². The van der Waals surface area contributed by atoms with Gasteiger partial charge in [-0.05, 0) is 38.5 Å². The fourth-order valence-electron chi connectivity index (χ4n) is 3.24. The van der Waals surface area contributed by atoms with Crippen LogP contribution in [0.4, 0.5) is 0 Å². The Morgan fingerprint density at radius 2 is 2.00 bits per heavy atom. The summed E-state index contributed by atoms with van der Waals surface area (Å²) in [6.07, 6.45) is 3.02. The Kier molecular flexibility index (Phi) is 6.20. The molecule has 2 saturated heterocycles. The van der Waals surface area contributed by atoms with Gasteiger partial charge in [-0.2, -0.15) is 0 Å². The standard InChI is InChI=1S/C16H27NO5/c1-3-11(2)22-10-14(18)17-7-4-12(5-8-17)15-13(16(19)20)6-9-21-15/h11-13,15H,3-10H2,1-2H3,(H,19,20)/t11?,13?,15-/m0/s1. The second kappa shape index (κ2) is 7.92. The Morgan fingerprint density at radius 3 is 2.59 bits per heavy atom. The average Bonchev–Trinajstić information content (AvgIpc) is 3.02. The number of nitrogens with zero attached hydrogens (tertiary/aromatic N) is 1. The molecule has 0 aromatic heterocycles. The number of likely N-dealkylation sites (tertiary alicyclic amines) is 1. The minimum atomic E-state index is -0.761. The number of carbonyl (C=O) groups excluding carboxylic acids is 1. The third-order valence-electron chi connectivity index (χ3n) is 4.88. The van der Waals surface area contributed by atoms with E-state index in [1.54, 1.807) is 0 Å². The van der Waals surface area contributed by atoms with Crippen molar-refractivity contribution >= 4 is 11.9 Å². The van der Waals surface area contributed by atoms with E-state index in [0.29, 0.717) is 26.1 Å². The Hall–Kier alpha value is -1.14. The smallest absolute Gasteiger partial charge is 0.309 e. The van der Waals surface area contributed by atoms with Crippen molar-refractivity contribution in [2.24, 2.45) is 11.8 Å². The van der Waals surface area contributed by atoms with Crippen molar-refractivity contribution in [2.45, 2.75) is 51.7 Å². The van der Waals surface area contributed by atoms with Gasteiger partial charge in [0.2, 0.25) is 5.91 Å². The van der Waals surface area contributed by atoms with Gasteiger partial charge in [0.25, 0.3) is 0 Å². The van der Waals surface area contributed by atoms with Crippen LogP contribution >= 0.6 is 0 Å². The molecule has 0 aliphatic carbocycles. The Labute approximate surface area is 131 Å². The molecule has 0 spiro atoms. The predicted molar refractivity (Wildman–Crippen MR) is 80.5 cm³/mol. The summed E-state index contributed by atoms with van der Waals surface area (Å²) in [5.41, 5.74) is 0. The molecule has 2 aliphatic heterocycles. The van der Waals surface area contributed by atoms with Crippen molar-refractivity contribution in [3.05, 3.63) is 0 Å². The van der Waals surface area contributed by atoms with Gasteiger partial charge < -0.3 is 19.5 Å². The van der Waals surface area contributed by atoms with E-state index >= 15 is 0 Å². The second-order valence-electron chi connectivity index (χ2n) is 6.32. The van der Waals surface area contributed by atoms with E-state index in [0.717, 1.165) is 19.3 Å². The minimum absolute atomic E-state index is 0.0286. The molecule has 2 unspecified atom stereocenters. The summed E-state index contributed by atoms with van der Waals surface area (Å²) in [7, 11) is 0. The molecule has 0 saturated carbocycles. The number of aliphatic carboxylic acids is 1. The van der Waals surface area contributed by atoms with Crippen molar-refractivity contribution in [1.82, 2.24) is 4.90 Å². The molecule has 1 amide bonds. The lowest BCUT2D eigenvalue weighted by Crippen LogP contribution is -2.44. The normalized spacial score (nSPS) is 27.8. The van der Waals surface area contributed by atoms with Crippen molar-refractivity contribution in [3.63, 3.8) is 0 Å². The van der Waals surface area contributed by atoms with Crippen molar-refractivity contribution in [3.8, 4) is 0 Å². The fraction of sp³-hybridized carbons (Fsp3) is 0.875. The molecule has 0 bridgehead atoms. The number of amides is 1. The zero-order valence-electron chi connectivity index (χ0n) is 13.5. The van der Waals surface area contributed by atoms with E-state index < -0.39 is 5.97 Å². The monoisotopic (exact) mass is 313 g/mol. The van der Waals surface area contributed by atoms with Crippen LogP contribution in [0.1, 0.15) is 39.5 Å². The molecule has 0 radical (unpaired) electrons. The van der Waals surface area contributed by atoms with Crippen LogP contribution in [0.2, 0.25) is 0 Å². The molecular weight excluding hydrogens is 286 g/mol. The summed E-state index contributed by atoms with van der Waals surface area (Å²) in [5.74, 6) is -0.882. The van der Waals surface area contributed by atoms with Gasteiger partial charge in [-0.15, -0.1) is 0 Å². The van der Waals surface area contributed by atoms with Crippen molar-refractivity contribution < 1.29 is 24.2 Å². The van der Waals surface area contributed by atoms with E-state index in [1.165, 1.54) is 0 Å². The van der Waals surface area contributed by atoms with Crippen molar-refractivity contribution in [2.75, 3.05) is 26.3 Å². The molecule has 6 heteroatoms. The summed E-state index contributed by atoms with van der Waals surface area (Å²) in [5, 5.41) is 9.24. The molecule has 1 N–H and O–H groups in total. The molecule has 2 heterocycles. The molecule has 6 nitrogen and oxygen atoms in total. The van der Waals surface area contributed by atoms with Gasteiger partial charge in [0.05, 0.1) is 18.1 Å². The van der Waals surface area contributed by atoms with Crippen LogP contribution in [0.25, 0.3) is 0 Å². The van der Waals surface area contributed by atoms with Crippen LogP contribution in [0.15, 0.2) is 0 Å². The Balaban J connectivity index is 1.78. The van der Waals surface area contributed by atoms with Crippen LogP contribution < -0.4 is 0 Å². The first-order valence-electron chi connectivity index (χ1n) is 8.26. The first kappa shape index (κ1) is 17.2. The zero-order valence-corrected chi connectivity index (χ0v) is 13.5. The number of piperidine rings is 1. The van der Waals surface area contributed by atoms with Crippen LogP contribution in [0, 0.1) is 11.8 Å². The molecule has 2 rings (SSSR count). The summed E-state index contributed by atoms with van der Waals surface area (Å²) in [6.45, 7) is 5.99. The molecule has 0 aromatic rings. The van der Waals surface area contributed by atoms with Gasteiger partial charge in [0.15, 0.2) is 0 Å². The van der Waals surface area contributed by atoms with Gasteiger partial charge in [0.1, 0.15) is 6.61 Å². The first-order valence-corrected chi connectivity index (χ1v) is 8.26. The SMILES string of the molecule is CCC(C)OCC(=O)N1CCC([C@@H]2OCCC2C(=O)O)CC1. The highest BCUT2D eigenvalue weighted by Crippen LogP contribution is 2.33. The molecule has 3 atom stereocenters. The molecule has 2 aliphatic rings. The Morgan fingerprint density at radius 1 is 1.32 bits per heavy atom. The number of carbonyl (C=O) groups is 2. The molecule has 22 heavy (non-hydrogen) atoms. The molecule has 2 fully saturated rings. The first-order chi connectivity index (χ1) is 10.5. The van der Waals surface area contributed by atoms with E-state index in [2.05, 4.69) is 0 Å². The lowest BCUT2D eigenvalue weighted by Gasteiger charge is -2.35. The van der Waals surface area contributed by atoms with E-state index in [-0.39, 0.29) is 36.6 Å². The van der Waals surface area contributed by atoms with Gasteiger partial charge in [-0.1, -0.05) is 6.92 Å². The predicted octanol–water partition coefficient (Wildman–Crippen LogP) is 1.53.